The van der Waals surface area contributed by atoms with E-state index >= 15 is 0 Å². The van der Waals surface area contributed by atoms with Gasteiger partial charge in [-0.2, -0.15) is 4.68 Å². The average molecular weight is 470 g/mol. The topological polar surface area (TPSA) is 138 Å². The second kappa shape index (κ2) is 9.53. The van der Waals surface area contributed by atoms with Crippen molar-refractivity contribution in [1.29, 1.82) is 0 Å². The van der Waals surface area contributed by atoms with Gasteiger partial charge in [0.2, 0.25) is 11.1 Å². The third-order valence-corrected chi connectivity index (χ3v) is 5.87. The van der Waals surface area contributed by atoms with Crippen molar-refractivity contribution in [3.63, 3.8) is 0 Å². The Bertz CT molecular complexity index is 1270. The van der Waals surface area contributed by atoms with Gasteiger partial charge in [-0.05, 0) is 22.6 Å². The van der Waals surface area contributed by atoms with E-state index in [1.807, 2.05) is 18.2 Å². The molecule has 4 rings (SSSR count). The number of thioether (sulfide) groups is 1. The minimum atomic E-state index is -0.464. The highest BCUT2D eigenvalue weighted by Crippen LogP contribution is 2.28. The highest BCUT2D eigenvalue weighted by Gasteiger charge is 2.16. The van der Waals surface area contributed by atoms with Crippen LogP contribution in [0.25, 0.3) is 16.9 Å². The van der Waals surface area contributed by atoms with Crippen LogP contribution in [0.15, 0.2) is 59.1 Å². The number of aromatic nitrogens is 5. The summed E-state index contributed by atoms with van der Waals surface area (Å²) >= 11 is 2.40. The smallest absolute Gasteiger partial charge is 0.270 e. The number of rotatable bonds is 8. The molecule has 4 aromatic rings. The molecule has 0 aliphatic rings. The number of para-hydroxylation sites is 2. The van der Waals surface area contributed by atoms with Crippen LogP contribution in [0.2, 0.25) is 0 Å². The molecule has 2 aromatic heterocycles. The van der Waals surface area contributed by atoms with Crippen LogP contribution in [0.1, 0.15) is 0 Å². The minimum absolute atomic E-state index is 0.0229. The SMILES string of the molecule is COc1ccccc1-n1nnnc1SCC(=O)Nc1nc(-c2cccc([N+](=O)[O-])c2)cs1. The normalized spacial score (nSPS) is 10.7. The number of hydrogen-bond acceptors (Lipinski definition) is 10. The van der Waals surface area contributed by atoms with Crippen molar-refractivity contribution < 1.29 is 14.5 Å². The number of carbonyl (C=O) groups excluding carboxylic acids is 1. The first-order valence-corrected chi connectivity index (χ1v) is 11.0. The quantitative estimate of drug-likeness (QED) is 0.234. The zero-order chi connectivity index (χ0) is 22.5. The summed E-state index contributed by atoms with van der Waals surface area (Å²) in [5.74, 6) is 0.369. The molecule has 13 heteroatoms. The number of anilines is 1. The van der Waals surface area contributed by atoms with Gasteiger partial charge in [0.05, 0.1) is 23.5 Å². The first kappa shape index (κ1) is 21.4. The second-order valence-electron chi connectivity index (χ2n) is 6.23. The Morgan fingerprint density at radius 1 is 1.28 bits per heavy atom. The third-order valence-electron chi connectivity index (χ3n) is 4.19. The zero-order valence-electron chi connectivity index (χ0n) is 16.5. The Morgan fingerprint density at radius 3 is 2.94 bits per heavy atom. The number of nitrogens with zero attached hydrogens (tertiary/aromatic N) is 6. The van der Waals surface area contributed by atoms with E-state index in [0.717, 1.165) is 11.8 Å². The highest BCUT2D eigenvalue weighted by molar-refractivity contribution is 7.99. The number of ether oxygens (including phenoxy) is 1. The van der Waals surface area contributed by atoms with Crippen LogP contribution < -0.4 is 10.1 Å². The molecule has 162 valence electrons. The molecule has 2 aromatic carbocycles. The van der Waals surface area contributed by atoms with E-state index in [-0.39, 0.29) is 17.3 Å². The van der Waals surface area contributed by atoms with Gasteiger partial charge in [0.1, 0.15) is 11.4 Å². The molecule has 0 bridgehead atoms. The molecule has 0 spiro atoms. The van der Waals surface area contributed by atoms with E-state index in [0.29, 0.717) is 33.0 Å². The summed E-state index contributed by atoms with van der Waals surface area (Å²) < 4.78 is 6.84. The van der Waals surface area contributed by atoms with Crippen LogP contribution in [0.5, 0.6) is 5.75 Å². The number of hydrogen-bond donors (Lipinski definition) is 1. The van der Waals surface area contributed by atoms with Gasteiger partial charge >= 0.3 is 0 Å². The Kier molecular flexibility index (Phi) is 6.37. The van der Waals surface area contributed by atoms with Gasteiger partial charge in [-0.25, -0.2) is 4.98 Å². The third kappa shape index (κ3) is 4.73. The molecule has 2 heterocycles. The molecule has 0 atom stereocenters. The molecule has 1 amide bonds. The Morgan fingerprint density at radius 2 is 2.12 bits per heavy atom. The first-order chi connectivity index (χ1) is 15.5. The van der Waals surface area contributed by atoms with Crippen molar-refractivity contribution in [2.75, 3.05) is 18.2 Å². The molecular weight excluding hydrogens is 454 g/mol. The second-order valence-corrected chi connectivity index (χ2v) is 8.03. The summed E-state index contributed by atoms with van der Waals surface area (Å²) in [6.45, 7) is 0. The number of non-ortho nitro benzene ring substituents is 1. The summed E-state index contributed by atoms with van der Waals surface area (Å²) in [6, 6.07) is 13.4. The molecule has 11 nitrogen and oxygen atoms in total. The number of tetrazole rings is 1. The van der Waals surface area contributed by atoms with E-state index in [9.17, 15) is 14.9 Å². The lowest BCUT2D eigenvalue weighted by Gasteiger charge is -2.08. The molecule has 0 aliphatic carbocycles. The summed E-state index contributed by atoms with van der Waals surface area (Å²) in [5, 5.41) is 27.9. The summed E-state index contributed by atoms with van der Waals surface area (Å²) in [4.78, 5) is 27.3. The van der Waals surface area contributed by atoms with Crippen LogP contribution in [0, 0.1) is 10.1 Å². The molecule has 0 unspecified atom stereocenters. The maximum Gasteiger partial charge on any atom is 0.270 e. The molecule has 32 heavy (non-hydrogen) atoms. The Balaban J connectivity index is 1.41. The fraction of sp³-hybridized carbons (Fsp3) is 0.105. The number of methoxy groups -OCH3 is 1. The van der Waals surface area contributed by atoms with Crippen molar-refractivity contribution in [1.82, 2.24) is 25.2 Å². The molecule has 0 aliphatic heterocycles. The zero-order valence-corrected chi connectivity index (χ0v) is 18.2. The first-order valence-electron chi connectivity index (χ1n) is 9.10. The number of nitro groups is 1. The van der Waals surface area contributed by atoms with Crippen LogP contribution in [0.3, 0.4) is 0 Å². The van der Waals surface area contributed by atoms with Gasteiger partial charge in [-0.15, -0.1) is 16.4 Å². The molecule has 0 fully saturated rings. The van der Waals surface area contributed by atoms with Crippen molar-refractivity contribution >= 4 is 39.8 Å². The van der Waals surface area contributed by atoms with Gasteiger partial charge in [0.25, 0.3) is 5.69 Å². The van der Waals surface area contributed by atoms with Crippen LogP contribution in [-0.4, -0.2) is 48.9 Å². The van der Waals surface area contributed by atoms with Gasteiger partial charge in [-0.1, -0.05) is 36.0 Å². The lowest BCUT2D eigenvalue weighted by atomic mass is 10.1. The standard InChI is InChI=1S/C19H15N7O4S2/c1-30-16-8-3-2-7-15(16)25-19(22-23-24-25)32-11-17(27)21-18-20-14(10-31-18)12-5-4-6-13(9-12)26(28)29/h2-10H,11H2,1H3,(H,20,21,27). The number of thiazole rings is 1. The maximum atomic E-state index is 12.4. The van der Waals surface area contributed by atoms with Crippen molar-refractivity contribution in [3.05, 3.63) is 64.0 Å². The molecule has 0 saturated heterocycles. The van der Waals surface area contributed by atoms with E-state index in [2.05, 4.69) is 25.8 Å². The molecule has 1 N–H and O–H groups in total. The van der Waals surface area contributed by atoms with Gasteiger partial charge in [0.15, 0.2) is 5.13 Å². The molecule has 0 saturated carbocycles. The number of amides is 1. The molecule has 0 radical (unpaired) electrons. The maximum absolute atomic E-state index is 12.4. The number of nitrogens with one attached hydrogen (secondary N) is 1. The van der Waals surface area contributed by atoms with E-state index < -0.39 is 4.92 Å². The summed E-state index contributed by atoms with van der Waals surface area (Å²) in [7, 11) is 1.55. The lowest BCUT2D eigenvalue weighted by molar-refractivity contribution is -0.384. The monoisotopic (exact) mass is 469 g/mol. The van der Waals surface area contributed by atoms with Crippen LogP contribution >= 0.6 is 23.1 Å². The van der Waals surface area contributed by atoms with Crippen molar-refractivity contribution in [2.45, 2.75) is 5.16 Å². The predicted octanol–water partition coefficient (Wildman–Crippen LogP) is 3.43. The number of carbonyl (C=O) groups is 1. The molecular formula is C19H15N7O4S2. The van der Waals surface area contributed by atoms with Gasteiger partial charge < -0.3 is 10.1 Å². The number of benzene rings is 2. The van der Waals surface area contributed by atoms with E-state index in [1.54, 1.807) is 30.7 Å². The largest absolute Gasteiger partial charge is 0.494 e. The fourth-order valence-corrected chi connectivity index (χ4v) is 4.17. The van der Waals surface area contributed by atoms with E-state index in [1.165, 1.54) is 28.2 Å². The summed E-state index contributed by atoms with van der Waals surface area (Å²) in [6.07, 6.45) is 0. The minimum Gasteiger partial charge on any atom is -0.494 e. The average Bonchev–Trinajstić information content (AvgIpc) is 3.47. The van der Waals surface area contributed by atoms with E-state index in [4.69, 9.17) is 4.74 Å². The highest BCUT2D eigenvalue weighted by atomic mass is 32.2. The number of nitro benzene ring substituents is 1. The van der Waals surface area contributed by atoms with Crippen molar-refractivity contribution in [2.24, 2.45) is 0 Å². The Labute approximate surface area is 189 Å². The Hall–Kier alpha value is -3.84. The predicted molar refractivity (Wildman–Crippen MR) is 119 cm³/mol. The summed E-state index contributed by atoms with van der Waals surface area (Å²) in [5.41, 5.74) is 1.78. The van der Waals surface area contributed by atoms with Crippen molar-refractivity contribution in [3.8, 4) is 22.7 Å². The van der Waals surface area contributed by atoms with Crippen LogP contribution in [-0.2, 0) is 4.79 Å². The fourth-order valence-electron chi connectivity index (χ4n) is 2.75. The van der Waals surface area contributed by atoms with Gasteiger partial charge in [-0.3, -0.25) is 14.9 Å². The lowest BCUT2D eigenvalue weighted by Crippen LogP contribution is -2.14. The van der Waals surface area contributed by atoms with Crippen LogP contribution in [0.4, 0.5) is 10.8 Å². The van der Waals surface area contributed by atoms with Gasteiger partial charge in [0, 0.05) is 23.1 Å².